The third-order valence-corrected chi connectivity index (χ3v) is 5.53. The highest BCUT2D eigenvalue weighted by Crippen LogP contribution is 2.39. The summed E-state index contributed by atoms with van der Waals surface area (Å²) in [5.74, 6) is 0.872. The van der Waals surface area contributed by atoms with Crippen molar-refractivity contribution in [1.82, 2.24) is 0 Å². The van der Waals surface area contributed by atoms with Gasteiger partial charge in [0.15, 0.2) is 0 Å². The average Bonchev–Trinajstić information content (AvgIpc) is 2.43. The Morgan fingerprint density at radius 2 is 1.90 bits per heavy atom. The first kappa shape index (κ1) is 16.3. The predicted octanol–water partition coefficient (Wildman–Crippen LogP) is 6.75. The van der Waals surface area contributed by atoms with Crippen molar-refractivity contribution < 1.29 is 4.74 Å². The van der Waals surface area contributed by atoms with Gasteiger partial charge in [-0.3, -0.25) is 0 Å². The summed E-state index contributed by atoms with van der Waals surface area (Å²) in [6.45, 7) is 2.61. The molecular formula is C15H12Br3ClO. The molecule has 2 aromatic carbocycles. The first-order valence-electron chi connectivity index (χ1n) is 6.04. The van der Waals surface area contributed by atoms with E-state index in [9.17, 15) is 0 Å². The van der Waals surface area contributed by atoms with Gasteiger partial charge < -0.3 is 4.74 Å². The largest absolute Gasteiger partial charge is 0.494 e. The van der Waals surface area contributed by atoms with Gasteiger partial charge in [0, 0.05) is 14.5 Å². The molecule has 0 radical (unpaired) electrons. The molecule has 0 heterocycles. The van der Waals surface area contributed by atoms with E-state index >= 15 is 0 Å². The van der Waals surface area contributed by atoms with Crippen molar-refractivity contribution in [2.75, 3.05) is 6.61 Å². The minimum atomic E-state index is 0.0205. The Balaban J connectivity index is 2.43. The quantitative estimate of drug-likeness (QED) is 0.438. The minimum absolute atomic E-state index is 0.0205. The molecule has 106 valence electrons. The lowest BCUT2D eigenvalue weighted by molar-refractivity contribution is 0.337. The van der Waals surface area contributed by atoms with E-state index in [0.717, 1.165) is 25.8 Å². The number of rotatable bonds is 4. The minimum Gasteiger partial charge on any atom is -0.494 e. The van der Waals surface area contributed by atoms with E-state index < -0.39 is 0 Å². The van der Waals surface area contributed by atoms with E-state index in [4.69, 9.17) is 16.3 Å². The molecule has 1 atom stereocenters. The number of ether oxygens (including phenoxy) is 1. The molecule has 20 heavy (non-hydrogen) atoms. The maximum Gasteiger partial charge on any atom is 0.124 e. The van der Waals surface area contributed by atoms with Gasteiger partial charge in [-0.1, -0.05) is 49.5 Å². The van der Waals surface area contributed by atoms with Crippen molar-refractivity contribution in [2.24, 2.45) is 0 Å². The summed E-state index contributed by atoms with van der Waals surface area (Å²) in [7, 11) is 0. The van der Waals surface area contributed by atoms with Crippen LogP contribution < -0.4 is 4.74 Å². The van der Waals surface area contributed by atoms with Crippen molar-refractivity contribution >= 4 is 59.4 Å². The molecule has 0 aliphatic rings. The van der Waals surface area contributed by atoms with Crippen LogP contribution in [0.1, 0.15) is 22.9 Å². The number of hydrogen-bond acceptors (Lipinski definition) is 1. The summed E-state index contributed by atoms with van der Waals surface area (Å²) in [4.78, 5) is 0.0205. The summed E-state index contributed by atoms with van der Waals surface area (Å²) in [5, 5.41) is 0.694. The lowest BCUT2D eigenvalue weighted by atomic mass is 10.0. The van der Waals surface area contributed by atoms with E-state index in [0.29, 0.717) is 11.6 Å². The fourth-order valence-electron chi connectivity index (χ4n) is 1.85. The van der Waals surface area contributed by atoms with Gasteiger partial charge in [0.25, 0.3) is 0 Å². The van der Waals surface area contributed by atoms with Crippen molar-refractivity contribution in [2.45, 2.75) is 11.8 Å². The zero-order valence-electron chi connectivity index (χ0n) is 10.7. The summed E-state index contributed by atoms with van der Waals surface area (Å²) in [5.41, 5.74) is 2.15. The van der Waals surface area contributed by atoms with Crippen LogP contribution in [0.4, 0.5) is 0 Å². The normalized spacial score (nSPS) is 12.2. The second kappa shape index (κ2) is 7.30. The maximum atomic E-state index is 6.17. The van der Waals surface area contributed by atoms with Crippen molar-refractivity contribution in [1.29, 1.82) is 0 Å². The van der Waals surface area contributed by atoms with Gasteiger partial charge in [-0.15, -0.1) is 0 Å². The number of benzene rings is 2. The van der Waals surface area contributed by atoms with Crippen molar-refractivity contribution in [3.05, 3.63) is 61.5 Å². The Morgan fingerprint density at radius 1 is 1.15 bits per heavy atom. The van der Waals surface area contributed by atoms with Gasteiger partial charge in [0.2, 0.25) is 0 Å². The van der Waals surface area contributed by atoms with Crippen LogP contribution >= 0.6 is 59.4 Å². The molecule has 1 nitrogen and oxygen atoms in total. The zero-order chi connectivity index (χ0) is 14.7. The highest BCUT2D eigenvalue weighted by atomic mass is 79.9. The summed E-state index contributed by atoms with van der Waals surface area (Å²) >= 11 is 16.8. The Kier molecular flexibility index (Phi) is 5.96. The number of halogens is 4. The Labute approximate surface area is 149 Å². The lowest BCUT2D eigenvalue weighted by Crippen LogP contribution is -2.00. The molecule has 5 heteroatoms. The van der Waals surface area contributed by atoms with Crippen LogP contribution in [0.15, 0.2) is 45.3 Å². The van der Waals surface area contributed by atoms with Crippen LogP contribution in [0.25, 0.3) is 0 Å². The van der Waals surface area contributed by atoms with E-state index in [1.54, 1.807) is 0 Å². The summed E-state index contributed by atoms with van der Waals surface area (Å²) < 4.78 is 7.60. The lowest BCUT2D eigenvalue weighted by Gasteiger charge is -2.16. The van der Waals surface area contributed by atoms with Crippen LogP contribution in [0.2, 0.25) is 5.02 Å². The van der Waals surface area contributed by atoms with Crippen LogP contribution in [0.5, 0.6) is 5.75 Å². The monoisotopic (exact) mass is 480 g/mol. The summed E-state index contributed by atoms with van der Waals surface area (Å²) in [6, 6.07) is 11.9. The molecule has 0 saturated heterocycles. The second-order valence-electron chi connectivity index (χ2n) is 4.15. The van der Waals surface area contributed by atoms with Gasteiger partial charge in [-0.05, 0) is 58.7 Å². The van der Waals surface area contributed by atoms with Crippen LogP contribution in [0, 0.1) is 0 Å². The Morgan fingerprint density at radius 3 is 2.55 bits per heavy atom. The molecule has 0 fully saturated rings. The van der Waals surface area contributed by atoms with E-state index in [2.05, 4.69) is 53.9 Å². The fraction of sp³-hybridized carbons (Fsp3) is 0.200. The van der Waals surface area contributed by atoms with Crippen LogP contribution in [0.3, 0.4) is 0 Å². The first-order valence-corrected chi connectivity index (χ1v) is 8.92. The smallest absolute Gasteiger partial charge is 0.124 e. The molecule has 2 rings (SSSR count). The second-order valence-corrected chi connectivity index (χ2v) is 7.24. The molecule has 0 N–H and O–H groups in total. The standard InChI is InChI=1S/C15H12Br3ClO/c1-2-20-14-6-4-10(16)8-11(14)15(18)9-3-5-12(17)13(19)7-9/h3-8,15H,2H2,1H3. The van der Waals surface area contributed by atoms with Gasteiger partial charge in [-0.25, -0.2) is 0 Å². The highest BCUT2D eigenvalue weighted by Gasteiger charge is 2.17. The molecule has 0 spiro atoms. The van der Waals surface area contributed by atoms with Gasteiger partial charge in [0.05, 0.1) is 16.5 Å². The molecule has 0 aromatic heterocycles. The Bertz CT molecular complexity index is 616. The molecule has 0 saturated carbocycles. The van der Waals surface area contributed by atoms with E-state index in [1.165, 1.54) is 0 Å². The van der Waals surface area contributed by atoms with Crippen molar-refractivity contribution in [3.63, 3.8) is 0 Å². The van der Waals surface area contributed by atoms with E-state index in [-0.39, 0.29) is 4.83 Å². The summed E-state index contributed by atoms with van der Waals surface area (Å²) in [6.07, 6.45) is 0. The average molecular weight is 483 g/mol. The number of hydrogen-bond donors (Lipinski definition) is 0. The molecule has 0 aliphatic carbocycles. The fourth-order valence-corrected chi connectivity index (χ4v) is 3.31. The molecule has 0 aliphatic heterocycles. The Hall–Kier alpha value is -0.0300. The topological polar surface area (TPSA) is 9.23 Å². The third-order valence-electron chi connectivity index (χ3n) is 2.78. The van der Waals surface area contributed by atoms with Gasteiger partial charge >= 0.3 is 0 Å². The zero-order valence-corrected chi connectivity index (χ0v) is 16.2. The SMILES string of the molecule is CCOc1ccc(Br)cc1C(Br)c1ccc(Br)c(Cl)c1. The molecule has 0 amide bonds. The van der Waals surface area contributed by atoms with Crippen LogP contribution in [-0.2, 0) is 0 Å². The van der Waals surface area contributed by atoms with E-state index in [1.807, 2.05) is 37.3 Å². The van der Waals surface area contributed by atoms with Crippen LogP contribution in [-0.4, -0.2) is 6.61 Å². The first-order chi connectivity index (χ1) is 9.52. The van der Waals surface area contributed by atoms with Crippen molar-refractivity contribution in [3.8, 4) is 5.75 Å². The highest BCUT2D eigenvalue weighted by molar-refractivity contribution is 9.11. The maximum absolute atomic E-state index is 6.17. The predicted molar refractivity (Wildman–Crippen MR) is 95.2 cm³/mol. The number of alkyl halides is 1. The van der Waals surface area contributed by atoms with Gasteiger partial charge in [-0.2, -0.15) is 0 Å². The molecule has 2 aromatic rings. The molecule has 1 unspecified atom stereocenters. The molecule has 0 bridgehead atoms. The molecular weight excluding hydrogens is 471 g/mol. The van der Waals surface area contributed by atoms with Gasteiger partial charge in [0.1, 0.15) is 5.75 Å². The third kappa shape index (κ3) is 3.79.